The number of hydrogen-bond acceptors (Lipinski definition) is 3. The van der Waals surface area contributed by atoms with Crippen LogP contribution in [0.25, 0.3) is 0 Å². The van der Waals surface area contributed by atoms with Gasteiger partial charge >= 0.3 is 5.97 Å². The Balaban J connectivity index is 2.07. The second-order valence-corrected chi connectivity index (χ2v) is 5.57. The molecule has 21 heavy (non-hydrogen) atoms. The first-order valence-corrected chi connectivity index (χ1v) is 7.25. The highest BCUT2D eigenvalue weighted by Crippen LogP contribution is 2.32. The largest absolute Gasteiger partial charge is 0.479 e. The van der Waals surface area contributed by atoms with E-state index < -0.39 is 12.1 Å². The van der Waals surface area contributed by atoms with Crippen LogP contribution in [0.3, 0.4) is 0 Å². The Bertz CT molecular complexity index is 643. The van der Waals surface area contributed by atoms with Crippen molar-refractivity contribution in [3.05, 3.63) is 52.0 Å². The van der Waals surface area contributed by atoms with Crippen LogP contribution >= 0.6 is 27.5 Å². The van der Waals surface area contributed by atoms with Gasteiger partial charge in [0, 0.05) is 4.47 Å². The maximum atomic E-state index is 10.7. The number of carboxylic acids is 1. The predicted molar refractivity (Wildman–Crippen MR) is 83.4 cm³/mol. The van der Waals surface area contributed by atoms with Crippen LogP contribution in [0, 0.1) is 0 Å². The van der Waals surface area contributed by atoms with E-state index in [-0.39, 0.29) is 0 Å². The molecule has 0 fully saturated rings. The summed E-state index contributed by atoms with van der Waals surface area (Å²) in [6.07, 6.45) is -0.905. The third kappa shape index (κ3) is 4.37. The monoisotopic (exact) mass is 370 g/mol. The van der Waals surface area contributed by atoms with Crippen LogP contribution < -0.4 is 9.47 Å². The number of ether oxygens (including phenoxy) is 2. The zero-order valence-electron chi connectivity index (χ0n) is 11.0. The van der Waals surface area contributed by atoms with Gasteiger partial charge in [-0.15, -0.1) is 0 Å². The van der Waals surface area contributed by atoms with Crippen LogP contribution in [-0.4, -0.2) is 17.2 Å². The van der Waals surface area contributed by atoms with E-state index >= 15 is 0 Å². The first-order valence-electron chi connectivity index (χ1n) is 6.08. The Morgan fingerprint density at radius 2 is 1.81 bits per heavy atom. The predicted octanol–water partition coefficient (Wildman–Crippen LogP) is 4.75. The van der Waals surface area contributed by atoms with Gasteiger partial charge in [-0.2, -0.15) is 0 Å². The Morgan fingerprint density at radius 3 is 2.38 bits per heavy atom. The maximum Gasteiger partial charge on any atom is 0.344 e. The van der Waals surface area contributed by atoms with Gasteiger partial charge in [0.15, 0.2) is 6.10 Å². The normalized spacial score (nSPS) is 11.8. The summed E-state index contributed by atoms with van der Waals surface area (Å²) in [5.74, 6) is 0.554. The van der Waals surface area contributed by atoms with Crippen molar-refractivity contribution in [2.45, 2.75) is 13.0 Å². The van der Waals surface area contributed by atoms with Crippen LogP contribution in [0.5, 0.6) is 17.2 Å². The second-order valence-electron chi connectivity index (χ2n) is 4.25. The molecule has 2 rings (SSSR count). The molecule has 0 spiro atoms. The van der Waals surface area contributed by atoms with Gasteiger partial charge in [-0.3, -0.25) is 0 Å². The molecule has 1 atom stereocenters. The molecule has 0 amide bonds. The molecule has 2 aromatic carbocycles. The molecule has 0 aliphatic heterocycles. The molecule has 2 aromatic rings. The minimum atomic E-state index is -1.02. The van der Waals surface area contributed by atoms with Crippen LogP contribution in [0.2, 0.25) is 5.02 Å². The molecule has 0 bridgehead atoms. The van der Waals surface area contributed by atoms with Gasteiger partial charge in [0.25, 0.3) is 0 Å². The first kappa shape index (κ1) is 15.7. The second kappa shape index (κ2) is 6.83. The summed E-state index contributed by atoms with van der Waals surface area (Å²) in [5, 5.41) is 9.27. The average molecular weight is 372 g/mol. The van der Waals surface area contributed by atoms with Gasteiger partial charge < -0.3 is 14.6 Å². The molecule has 6 heteroatoms. The fourth-order valence-corrected chi connectivity index (χ4v) is 2.24. The topological polar surface area (TPSA) is 55.8 Å². The number of benzene rings is 2. The van der Waals surface area contributed by atoms with E-state index in [0.717, 1.165) is 4.47 Å². The number of carbonyl (C=O) groups is 1. The molecule has 0 saturated heterocycles. The first-order chi connectivity index (χ1) is 9.95. The zero-order chi connectivity index (χ0) is 15.4. The Hall–Kier alpha value is -1.72. The standard InChI is InChI=1S/C15H12BrClO4/c1-9(15(18)19)20-11-3-5-12(6-4-11)21-14-7-2-10(16)8-13(14)17/h2-9H,1H3,(H,18,19)/t9-/m1/s1. The van der Waals surface area contributed by atoms with Crippen molar-refractivity contribution in [3.63, 3.8) is 0 Å². The quantitative estimate of drug-likeness (QED) is 0.824. The highest BCUT2D eigenvalue weighted by molar-refractivity contribution is 9.10. The number of aliphatic carboxylic acids is 1. The molecular formula is C15H12BrClO4. The van der Waals surface area contributed by atoms with E-state index in [1.54, 1.807) is 36.4 Å². The third-order valence-corrected chi connectivity index (χ3v) is 3.39. The lowest BCUT2D eigenvalue weighted by molar-refractivity contribution is -0.144. The molecule has 0 aliphatic carbocycles. The van der Waals surface area contributed by atoms with E-state index in [2.05, 4.69) is 15.9 Å². The molecule has 1 N–H and O–H groups in total. The minimum absolute atomic E-state index is 0.458. The fourth-order valence-electron chi connectivity index (χ4n) is 1.53. The molecule has 4 nitrogen and oxygen atoms in total. The Labute approximate surface area is 135 Å². The Kier molecular flexibility index (Phi) is 5.09. The van der Waals surface area contributed by atoms with E-state index in [4.69, 9.17) is 26.2 Å². The summed E-state index contributed by atoms with van der Waals surface area (Å²) in [5.41, 5.74) is 0. The number of hydrogen-bond donors (Lipinski definition) is 1. The summed E-state index contributed by atoms with van der Waals surface area (Å²) < 4.78 is 11.7. The molecule has 110 valence electrons. The number of carboxylic acid groups (broad SMARTS) is 1. The van der Waals surface area contributed by atoms with E-state index in [0.29, 0.717) is 22.3 Å². The van der Waals surface area contributed by atoms with Crippen LogP contribution in [0.4, 0.5) is 0 Å². The van der Waals surface area contributed by atoms with Crippen molar-refractivity contribution in [1.29, 1.82) is 0 Å². The van der Waals surface area contributed by atoms with Gasteiger partial charge in [-0.05, 0) is 49.4 Å². The van der Waals surface area contributed by atoms with E-state index in [1.165, 1.54) is 6.92 Å². The molecule has 0 radical (unpaired) electrons. The van der Waals surface area contributed by atoms with Gasteiger partial charge in [0.1, 0.15) is 17.2 Å². The summed E-state index contributed by atoms with van der Waals surface area (Å²) in [4.78, 5) is 10.7. The van der Waals surface area contributed by atoms with Gasteiger partial charge in [-0.1, -0.05) is 27.5 Å². The Morgan fingerprint density at radius 1 is 1.19 bits per heavy atom. The third-order valence-electron chi connectivity index (χ3n) is 2.61. The summed E-state index contributed by atoms with van der Waals surface area (Å²) >= 11 is 9.39. The van der Waals surface area contributed by atoms with Crippen LogP contribution in [-0.2, 0) is 4.79 Å². The molecule has 0 aliphatic rings. The average Bonchev–Trinajstić information content (AvgIpc) is 2.43. The van der Waals surface area contributed by atoms with Crippen molar-refractivity contribution in [3.8, 4) is 17.2 Å². The molecular weight excluding hydrogens is 360 g/mol. The molecule has 0 saturated carbocycles. The van der Waals surface area contributed by atoms with Gasteiger partial charge in [-0.25, -0.2) is 4.79 Å². The maximum absolute atomic E-state index is 10.7. The highest BCUT2D eigenvalue weighted by Gasteiger charge is 2.12. The van der Waals surface area contributed by atoms with Crippen molar-refractivity contribution in [2.75, 3.05) is 0 Å². The van der Waals surface area contributed by atoms with Gasteiger partial charge in [0.05, 0.1) is 5.02 Å². The van der Waals surface area contributed by atoms with Crippen molar-refractivity contribution in [1.82, 2.24) is 0 Å². The highest BCUT2D eigenvalue weighted by atomic mass is 79.9. The summed E-state index contributed by atoms with van der Waals surface area (Å²) in [7, 11) is 0. The summed E-state index contributed by atoms with van der Waals surface area (Å²) in [6.45, 7) is 1.47. The lowest BCUT2D eigenvalue weighted by Crippen LogP contribution is -2.22. The smallest absolute Gasteiger partial charge is 0.344 e. The lowest BCUT2D eigenvalue weighted by Gasteiger charge is -2.11. The SMILES string of the molecule is C[C@@H](Oc1ccc(Oc2ccc(Br)cc2Cl)cc1)C(=O)O. The van der Waals surface area contributed by atoms with E-state index in [1.807, 2.05) is 6.07 Å². The fraction of sp³-hybridized carbons (Fsp3) is 0.133. The van der Waals surface area contributed by atoms with Gasteiger partial charge in [0.2, 0.25) is 0 Å². The zero-order valence-corrected chi connectivity index (χ0v) is 13.4. The summed E-state index contributed by atoms with van der Waals surface area (Å²) in [6, 6.07) is 12.0. The minimum Gasteiger partial charge on any atom is -0.479 e. The lowest BCUT2D eigenvalue weighted by atomic mass is 10.3. The van der Waals surface area contributed by atoms with E-state index in [9.17, 15) is 4.79 Å². The van der Waals surface area contributed by atoms with Crippen LogP contribution in [0.1, 0.15) is 6.92 Å². The van der Waals surface area contributed by atoms with Crippen molar-refractivity contribution in [2.24, 2.45) is 0 Å². The van der Waals surface area contributed by atoms with Crippen molar-refractivity contribution < 1.29 is 19.4 Å². The number of rotatable bonds is 5. The molecule has 0 heterocycles. The molecule has 0 unspecified atom stereocenters. The van der Waals surface area contributed by atoms with Crippen LogP contribution in [0.15, 0.2) is 46.9 Å². The van der Waals surface area contributed by atoms with Crippen molar-refractivity contribution >= 4 is 33.5 Å². The number of halogens is 2. The molecule has 0 aromatic heterocycles.